The first-order valence-electron chi connectivity index (χ1n) is 6.84. The van der Waals surface area contributed by atoms with Gasteiger partial charge in [0.25, 0.3) is 5.91 Å². The Bertz CT molecular complexity index is 807. The highest BCUT2D eigenvalue weighted by molar-refractivity contribution is 5.95. The zero-order valence-electron chi connectivity index (χ0n) is 12.6. The summed E-state index contributed by atoms with van der Waals surface area (Å²) in [5, 5.41) is 13.4. The topological polar surface area (TPSA) is 98.5 Å². The van der Waals surface area contributed by atoms with E-state index in [1.165, 1.54) is 37.3 Å². The number of nitrogens with zero attached hydrogens (tertiary/aromatic N) is 1. The molecule has 0 heterocycles. The van der Waals surface area contributed by atoms with E-state index in [4.69, 9.17) is 4.74 Å². The first-order chi connectivity index (χ1) is 11.4. The summed E-state index contributed by atoms with van der Waals surface area (Å²) >= 11 is 0. The molecular weight excluding hydrogens is 319 g/mol. The van der Waals surface area contributed by atoms with Gasteiger partial charge in [-0.25, -0.2) is 4.39 Å². The van der Waals surface area contributed by atoms with Gasteiger partial charge >= 0.3 is 5.69 Å². The number of nitro benzene ring substituents is 1. The zero-order valence-corrected chi connectivity index (χ0v) is 12.6. The molecule has 1 N–H and O–H groups in total. The number of hydrogen-bond donors (Lipinski definition) is 1. The highest BCUT2D eigenvalue weighted by Crippen LogP contribution is 2.28. The van der Waals surface area contributed by atoms with E-state index in [0.717, 1.165) is 12.1 Å². The maximum Gasteiger partial charge on any atom is 0.311 e. The van der Waals surface area contributed by atoms with Crippen molar-refractivity contribution in [3.63, 3.8) is 0 Å². The number of amides is 1. The Morgan fingerprint density at radius 2 is 2.00 bits per heavy atom. The molecule has 0 unspecified atom stereocenters. The van der Waals surface area contributed by atoms with Gasteiger partial charge in [0.1, 0.15) is 5.82 Å². The van der Waals surface area contributed by atoms with Crippen LogP contribution >= 0.6 is 0 Å². The van der Waals surface area contributed by atoms with Gasteiger partial charge < -0.3 is 10.1 Å². The van der Waals surface area contributed by atoms with Crippen LogP contribution < -0.4 is 10.1 Å². The molecule has 0 aliphatic carbocycles. The number of ketones is 1. The van der Waals surface area contributed by atoms with E-state index in [0.29, 0.717) is 0 Å². The minimum atomic E-state index is -0.702. The molecule has 8 heteroatoms. The van der Waals surface area contributed by atoms with Crippen molar-refractivity contribution in [3.8, 4) is 5.75 Å². The molecule has 7 nitrogen and oxygen atoms in total. The van der Waals surface area contributed by atoms with Gasteiger partial charge in [0, 0.05) is 17.3 Å². The van der Waals surface area contributed by atoms with Crippen LogP contribution in [0.3, 0.4) is 0 Å². The molecule has 0 aliphatic rings. The van der Waals surface area contributed by atoms with E-state index in [1.807, 2.05) is 0 Å². The lowest BCUT2D eigenvalue weighted by atomic mass is 10.1. The summed E-state index contributed by atoms with van der Waals surface area (Å²) in [6, 6.07) is 8.98. The molecule has 24 heavy (non-hydrogen) atoms. The van der Waals surface area contributed by atoms with Crippen LogP contribution in [0.5, 0.6) is 5.75 Å². The Labute approximate surface area is 136 Å². The van der Waals surface area contributed by atoms with E-state index >= 15 is 0 Å². The number of benzene rings is 2. The van der Waals surface area contributed by atoms with Crippen LogP contribution in [-0.4, -0.2) is 23.2 Å². The van der Waals surface area contributed by atoms with E-state index < -0.39 is 28.9 Å². The highest BCUT2D eigenvalue weighted by Gasteiger charge is 2.18. The standard InChI is InChI=1S/C16H13FN2O5/c1-10(20)11-5-6-15(14(7-11)19(22)23)24-9-16(21)18-13-4-2-3-12(17)8-13/h2-8H,9H2,1H3,(H,18,21). The minimum absolute atomic E-state index is 0.139. The fraction of sp³-hybridized carbons (Fsp3) is 0.125. The summed E-state index contributed by atoms with van der Waals surface area (Å²) < 4.78 is 18.2. The monoisotopic (exact) mass is 332 g/mol. The number of rotatable bonds is 6. The van der Waals surface area contributed by atoms with Gasteiger partial charge in [-0.05, 0) is 37.3 Å². The Morgan fingerprint density at radius 1 is 1.25 bits per heavy atom. The first kappa shape index (κ1) is 17.1. The lowest BCUT2D eigenvalue weighted by molar-refractivity contribution is -0.385. The highest BCUT2D eigenvalue weighted by atomic mass is 19.1. The summed E-state index contributed by atoms with van der Waals surface area (Å²) in [6.45, 7) is 0.781. The van der Waals surface area contributed by atoms with Crippen LogP contribution in [0.25, 0.3) is 0 Å². The summed E-state index contributed by atoms with van der Waals surface area (Å²) in [7, 11) is 0. The molecule has 0 aromatic heterocycles. The Balaban J connectivity index is 2.07. The number of anilines is 1. The lowest BCUT2D eigenvalue weighted by Gasteiger charge is -2.08. The molecule has 2 aromatic rings. The molecule has 2 aromatic carbocycles. The SMILES string of the molecule is CC(=O)c1ccc(OCC(=O)Nc2cccc(F)c2)c([N+](=O)[O-])c1. The molecular formula is C16H13FN2O5. The van der Waals surface area contributed by atoms with Crippen molar-refractivity contribution in [2.24, 2.45) is 0 Å². The van der Waals surface area contributed by atoms with Gasteiger partial charge in [-0.15, -0.1) is 0 Å². The molecule has 0 radical (unpaired) electrons. The number of halogens is 1. The fourth-order valence-corrected chi connectivity index (χ4v) is 1.91. The molecule has 124 valence electrons. The maximum atomic E-state index is 13.0. The normalized spacial score (nSPS) is 10.1. The predicted molar refractivity (Wildman–Crippen MR) is 83.6 cm³/mol. The second kappa shape index (κ2) is 7.32. The zero-order chi connectivity index (χ0) is 17.7. The minimum Gasteiger partial charge on any atom is -0.477 e. The second-order valence-corrected chi connectivity index (χ2v) is 4.84. The molecule has 0 saturated carbocycles. The van der Waals surface area contributed by atoms with Crippen LogP contribution in [0.4, 0.5) is 15.8 Å². The van der Waals surface area contributed by atoms with Gasteiger partial charge in [0.2, 0.25) is 0 Å². The third-order valence-electron chi connectivity index (χ3n) is 3.03. The third kappa shape index (κ3) is 4.35. The Kier molecular flexibility index (Phi) is 5.20. The molecule has 0 fully saturated rings. The molecule has 0 bridgehead atoms. The lowest BCUT2D eigenvalue weighted by Crippen LogP contribution is -2.20. The van der Waals surface area contributed by atoms with Crippen molar-refractivity contribution in [2.75, 3.05) is 11.9 Å². The van der Waals surface area contributed by atoms with E-state index in [9.17, 15) is 24.1 Å². The summed E-state index contributed by atoms with van der Waals surface area (Å²) in [4.78, 5) is 33.4. The smallest absolute Gasteiger partial charge is 0.311 e. The van der Waals surface area contributed by atoms with E-state index in [-0.39, 0.29) is 22.8 Å². The molecule has 0 saturated heterocycles. The van der Waals surface area contributed by atoms with Crippen molar-refractivity contribution in [2.45, 2.75) is 6.92 Å². The molecule has 0 atom stereocenters. The van der Waals surface area contributed by atoms with Gasteiger partial charge in [0.05, 0.1) is 4.92 Å². The van der Waals surface area contributed by atoms with Crippen molar-refractivity contribution in [1.29, 1.82) is 0 Å². The Hall–Kier alpha value is -3.29. The molecule has 0 spiro atoms. The Morgan fingerprint density at radius 3 is 2.62 bits per heavy atom. The molecule has 2 rings (SSSR count). The molecule has 0 aliphatic heterocycles. The number of Topliss-reactive ketones (excluding diaryl/α,β-unsaturated/α-hetero) is 1. The van der Waals surface area contributed by atoms with Crippen molar-refractivity contribution in [1.82, 2.24) is 0 Å². The summed E-state index contributed by atoms with van der Waals surface area (Å²) in [6.07, 6.45) is 0. The van der Waals surface area contributed by atoms with Crippen molar-refractivity contribution in [3.05, 3.63) is 64.0 Å². The van der Waals surface area contributed by atoms with Crippen LogP contribution in [-0.2, 0) is 4.79 Å². The average Bonchev–Trinajstić information content (AvgIpc) is 2.52. The summed E-state index contributed by atoms with van der Waals surface area (Å²) in [5.74, 6) is -1.58. The quantitative estimate of drug-likeness (QED) is 0.498. The van der Waals surface area contributed by atoms with Gasteiger partial charge in [-0.1, -0.05) is 6.07 Å². The number of ether oxygens (including phenoxy) is 1. The van der Waals surface area contributed by atoms with E-state index in [2.05, 4.69) is 5.32 Å². The number of hydrogen-bond acceptors (Lipinski definition) is 5. The van der Waals surface area contributed by atoms with Gasteiger partial charge in [-0.3, -0.25) is 19.7 Å². The fourth-order valence-electron chi connectivity index (χ4n) is 1.91. The second-order valence-electron chi connectivity index (χ2n) is 4.84. The number of nitro groups is 1. The van der Waals surface area contributed by atoms with Crippen LogP contribution in [0.1, 0.15) is 17.3 Å². The van der Waals surface area contributed by atoms with Crippen LogP contribution in [0.15, 0.2) is 42.5 Å². The predicted octanol–water partition coefficient (Wildman–Crippen LogP) is 2.95. The van der Waals surface area contributed by atoms with Crippen LogP contribution in [0.2, 0.25) is 0 Å². The largest absolute Gasteiger partial charge is 0.477 e. The molecule has 1 amide bonds. The van der Waals surface area contributed by atoms with Gasteiger partial charge in [0.15, 0.2) is 18.1 Å². The van der Waals surface area contributed by atoms with E-state index in [1.54, 1.807) is 0 Å². The number of carbonyl (C=O) groups excluding carboxylic acids is 2. The van der Waals surface area contributed by atoms with Crippen molar-refractivity contribution < 1.29 is 23.6 Å². The number of nitrogens with one attached hydrogen (secondary N) is 1. The van der Waals surface area contributed by atoms with Crippen LogP contribution in [0, 0.1) is 15.9 Å². The third-order valence-corrected chi connectivity index (χ3v) is 3.03. The van der Waals surface area contributed by atoms with Gasteiger partial charge in [-0.2, -0.15) is 0 Å². The maximum absolute atomic E-state index is 13.0. The average molecular weight is 332 g/mol. The first-order valence-corrected chi connectivity index (χ1v) is 6.84. The number of carbonyl (C=O) groups is 2. The summed E-state index contributed by atoms with van der Waals surface area (Å²) in [5.41, 5.74) is -0.00968. The van der Waals surface area contributed by atoms with Crippen molar-refractivity contribution >= 4 is 23.1 Å².